The Balaban J connectivity index is 1.64. The second-order valence-corrected chi connectivity index (χ2v) is 7.80. The highest BCUT2D eigenvalue weighted by atomic mass is 16.2. The molecule has 4 aromatic rings. The summed E-state index contributed by atoms with van der Waals surface area (Å²) in [5.41, 5.74) is 6.87. The molecule has 2 heterocycles. The van der Waals surface area contributed by atoms with Crippen molar-refractivity contribution in [2.24, 2.45) is 7.05 Å². The standard InChI is InChI=1S/C26H24N2O/c1-18-24(22-14-8-9-15-23(22)27(18)2)25-20-12-6-7-13-21(20)26(29)28(25)17-16-19-10-4-3-5-11-19/h3-15,25H,16-17H2,1-2H3/t25-/m1/s1. The summed E-state index contributed by atoms with van der Waals surface area (Å²) < 4.78 is 2.24. The van der Waals surface area contributed by atoms with Gasteiger partial charge in [-0.15, -0.1) is 0 Å². The quantitative estimate of drug-likeness (QED) is 0.473. The maximum atomic E-state index is 13.4. The molecule has 1 atom stereocenters. The van der Waals surface area contributed by atoms with Gasteiger partial charge in [0, 0.05) is 41.3 Å². The number of hydrogen-bond acceptors (Lipinski definition) is 1. The van der Waals surface area contributed by atoms with Crippen molar-refractivity contribution in [3.8, 4) is 0 Å². The lowest BCUT2D eigenvalue weighted by atomic mass is 9.95. The van der Waals surface area contributed by atoms with Gasteiger partial charge >= 0.3 is 0 Å². The van der Waals surface area contributed by atoms with Gasteiger partial charge in [0.15, 0.2) is 0 Å². The maximum absolute atomic E-state index is 13.4. The molecule has 0 aliphatic carbocycles. The Labute approximate surface area is 171 Å². The van der Waals surface area contributed by atoms with Gasteiger partial charge in [0.05, 0.1) is 6.04 Å². The molecule has 3 aromatic carbocycles. The Morgan fingerprint density at radius 2 is 1.55 bits per heavy atom. The first-order valence-corrected chi connectivity index (χ1v) is 10.1. The highest BCUT2D eigenvalue weighted by molar-refractivity contribution is 6.01. The number of rotatable bonds is 4. The molecule has 0 N–H and O–H groups in total. The number of fused-ring (bicyclic) bond motifs is 2. The molecule has 5 rings (SSSR count). The van der Waals surface area contributed by atoms with E-state index < -0.39 is 0 Å². The second kappa shape index (κ2) is 6.93. The van der Waals surface area contributed by atoms with Crippen LogP contribution in [0.25, 0.3) is 10.9 Å². The van der Waals surface area contributed by atoms with Crippen LogP contribution in [-0.2, 0) is 13.5 Å². The van der Waals surface area contributed by atoms with Crippen LogP contribution in [0.4, 0.5) is 0 Å². The minimum atomic E-state index is -0.0477. The monoisotopic (exact) mass is 380 g/mol. The zero-order chi connectivity index (χ0) is 20.0. The number of benzene rings is 3. The number of para-hydroxylation sites is 1. The van der Waals surface area contributed by atoms with Crippen LogP contribution >= 0.6 is 0 Å². The second-order valence-electron chi connectivity index (χ2n) is 7.80. The molecule has 29 heavy (non-hydrogen) atoms. The maximum Gasteiger partial charge on any atom is 0.255 e. The van der Waals surface area contributed by atoms with E-state index in [9.17, 15) is 4.79 Å². The topological polar surface area (TPSA) is 25.2 Å². The van der Waals surface area contributed by atoms with Gasteiger partial charge in [-0.3, -0.25) is 4.79 Å². The van der Waals surface area contributed by atoms with Crippen LogP contribution in [0, 0.1) is 6.92 Å². The molecule has 0 fully saturated rings. The highest BCUT2D eigenvalue weighted by Crippen LogP contribution is 2.43. The van der Waals surface area contributed by atoms with Crippen molar-refractivity contribution in [3.63, 3.8) is 0 Å². The van der Waals surface area contributed by atoms with Crippen LogP contribution in [0.5, 0.6) is 0 Å². The van der Waals surface area contributed by atoms with E-state index >= 15 is 0 Å². The van der Waals surface area contributed by atoms with Crippen LogP contribution in [0.3, 0.4) is 0 Å². The normalized spacial score (nSPS) is 15.9. The first-order valence-electron chi connectivity index (χ1n) is 10.1. The number of amides is 1. The smallest absolute Gasteiger partial charge is 0.255 e. The predicted molar refractivity (Wildman–Crippen MR) is 117 cm³/mol. The fourth-order valence-corrected chi connectivity index (χ4v) is 4.70. The van der Waals surface area contributed by atoms with Crippen LogP contribution in [0.2, 0.25) is 0 Å². The van der Waals surface area contributed by atoms with E-state index in [1.54, 1.807) is 0 Å². The molecule has 0 radical (unpaired) electrons. The Bertz CT molecular complexity index is 1210. The van der Waals surface area contributed by atoms with E-state index in [-0.39, 0.29) is 11.9 Å². The molecule has 1 amide bonds. The van der Waals surface area contributed by atoms with Crippen molar-refractivity contribution in [2.75, 3.05) is 6.54 Å². The summed E-state index contributed by atoms with van der Waals surface area (Å²) in [6.45, 7) is 2.86. The zero-order valence-corrected chi connectivity index (χ0v) is 16.8. The Hall–Kier alpha value is -3.33. The average Bonchev–Trinajstić information content (AvgIpc) is 3.18. The SMILES string of the molecule is Cc1c([C@H]2c3ccccc3C(=O)N2CCc2ccccc2)c2ccccc2n1C. The van der Waals surface area contributed by atoms with Crippen molar-refractivity contribution in [1.82, 2.24) is 9.47 Å². The Morgan fingerprint density at radius 1 is 0.862 bits per heavy atom. The molecule has 3 nitrogen and oxygen atoms in total. The third-order valence-electron chi connectivity index (χ3n) is 6.26. The number of carbonyl (C=O) groups is 1. The first kappa shape index (κ1) is 17.7. The number of aromatic nitrogens is 1. The van der Waals surface area contributed by atoms with Crippen molar-refractivity contribution >= 4 is 16.8 Å². The summed E-state index contributed by atoms with van der Waals surface area (Å²) in [5.74, 6) is 0.133. The fourth-order valence-electron chi connectivity index (χ4n) is 4.70. The minimum absolute atomic E-state index is 0.0477. The molecule has 0 saturated carbocycles. The fraction of sp³-hybridized carbons (Fsp3) is 0.192. The molecule has 0 unspecified atom stereocenters. The lowest BCUT2D eigenvalue weighted by Crippen LogP contribution is -2.31. The number of carbonyl (C=O) groups excluding carboxylic acids is 1. The van der Waals surface area contributed by atoms with E-state index in [0.29, 0.717) is 6.54 Å². The van der Waals surface area contributed by atoms with Crippen LogP contribution in [0.1, 0.15) is 38.8 Å². The molecular weight excluding hydrogens is 356 g/mol. The van der Waals surface area contributed by atoms with Gasteiger partial charge in [-0.1, -0.05) is 66.7 Å². The molecule has 144 valence electrons. The van der Waals surface area contributed by atoms with Gasteiger partial charge < -0.3 is 9.47 Å². The summed E-state index contributed by atoms with van der Waals surface area (Å²) in [5, 5.41) is 1.23. The van der Waals surface area contributed by atoms with Crippen LogP contribution in [0.15, 0.2) is 78.9 Å². The summed E-state index contributed by atoms with van der Waals surface area (Å²) >= 11 is 0. The van der Waals surface area contributed by atoms with E-state index in [2.05, 4.69) is 78.0 Å². The van der Waals surface area contributed by atoms with Crippen LogP contribution in [-0.4, -0.2) is 21.9 Å². The van der Waals surface area contributed by atoms with Gasteiger partial charge in [0.25, 0.3) is 5.91 Å². The van der Waals surface area contributed by atoms with Crippen molar-refractivity contribution in [3.05, 3.63) is 107 Å². The third-order valence-corrected chi connectivity index (χ3v) is 6.26. The largest absolute Gasteiger partial charge is 0.348 e. The summed E-state index contributed by atoms with van der Waals surface area (Å²) in [6, 6.07) is 26.9. The molecule has 0 spiro atoms. The van der Waals surface area contributed by atoms with E-state index in [1.165, 1.54) is 27.7 Å². The van der Waals surface area contributed by atoms with Gasteiger partial charge in [0.1, 0.15) is 0 Å². The lowest BCUT2D eigenvalue weighted by molar-refractivity contribution is 0.0752. The van der Waals surface area contributed by atoms with Crippen molar-refractivity contribution in [1.29, 1.82) is 0 Å². The molecule has 3 heteroatoms. The first-order chi connectivity index (χ1) is 14.2. The highest BCUT2D eigenvalue weighted by Gasteiger charge is 2.39. The van der Waals surface area contributed by atoms with Gasteiger partial charge in [0.2, 0.25) is 0 Å². The molecule has 1 aliphatic heterocycles. The van der Waals surface area contributed by atoms with Crippen molar-refractivity contribution < 1.29 is 4.79 Å². The predicted octanol–water partition coefficient (Wildman–Crippen LogP) is 5.27. The lowest BCUT2D eigenvalue weighted by Gasteiger charge is -2.26. The summed E-state index contributed by atoms with van der Waals surface area (Å²) in [6.07, 6.45) is 0.848. The minimum Gasteiger partial charge on any atom is -0.348 e. The molecule has 1 aromatic heterocycles. The van der Waals surface area contributed by atoms with E-state index in [1.807, 2.05) is 24.3 Å². The molecule has 0 bridgehead atoms. The summed E-state index contributed by atoms with van der Waals surface area (Å²) in [7, 11) is 2.11. The number of hydrogen-bond donors (Lipinski definition) is 0. The van der Waals surface area contributed by atoms with E-state index in [0.717, 1.165) is 17.5 Å². The zero-order valence-electron chi connectivity index (χ0n) is 16.8. The average molecular weight is 380 g/mol. The summed E-state index contributed by atoms with van der Waals surface area (Å²) in [4.78, 5) is 15.4. The third kappa shape index (κ3) is 2.77. The van der Waals surface area contributed by atoms with Gasteiger partial charge in [-0.25, -0.2) is 0 Å². The van der Waals surface area contributed by atoms with Gasteiger partial charge in [-0.05, 0) is 36.6 Å². The van der Waals surface area contributed by atoms with Crippen LogP contribution < -0.4 is 0 Å². The van der Waals surface area contributed by atoms with E-state index in [4.69, 9.17) is 0 Å². The van der Waals surface area contributed by atoms with Crippen molar-refractivity contribution in [2.45, 2.75) is 19.4 Å². The number of nitrogens with zero attached hydrogens (tertiary/aromatic N) is 2. The molecule has 0 saturated heterocycles. The van der Waals surface area contributed by atoms with Gasteiger partial charge in [-0.2, -0.15) is 0 Å². The Morgan fingerprint density at radius 3 is 2.38 bits per heavy atom. The molecule has 1 aliphatic rings. The number of aryl methyl sites for hydroxylation is 1. The Kier molecular flexibility index (Phi) is 4.24. The molecular formula is C26H24N2O.